The third-order valence-electron chi connectivity index (χ3n) is 10.6. The number of ether oxygens (including phenoxy) is 5. The number of amides is 2. The van der Waals surface area contributed by atoms with Gasteiger partial charge < -0.3 is 54.7 Å². The number of Topliss-reactive ketones (excluding diaryl/α,β-unsaturated/α-hetero) is 1. The van der Waals surface area contributed by atoms with Crippen LogP contribution in [0, 0.1) is 30.6 Å². The van der Waals surface area contributed by atoms with Crippen molar-refractivity contribution in [3.63, 3.8) is 0 Å². The number of fused-ring (bicyclic) bond motifs is 14. The number of esters is 1. The molecule has 2 amide bonds. The Bertz CT molecular complexity index is 1940. The van der Waals surface area contributed by atoms with E-state index in [1.54, 1.807) is 46.8 Å². The molecular weight excluding hydrogens is 751 g/mol. The number of ketones is 1. The van der Waals surface area contributed by atoms with Gasteiger partial charge in [0.25, 0.3) is 17.6 Å². The molecule has 15 nitrogen and oxygen atoms in total. The van der Waals surface area contributed by atoms with E-state index in [-0.39, 0.29) is 74.2 Å². The maximum absolute atomic E-state index is 14.3. The second-order valence-electron chi connectivity index (χ2n) is 14.6. The van der Waals surface area contributed by atoms with E-state index in [0.717, 1.165) is 0 Å². The van der Waals surface area contributed by atoms with Gasteiger partial charge in [0, 0.05) is 73.8 Å². The first-order chi connectivity index (χ1) is 26.3. The fourth-order valence-corrected chi connectivity index (χ4v) is 7.14. The van der Waals surface area contributed by atoms with Gasteiger partial charge >= 0.3 is 41.3 Å². The van der Waals surface area contributed by atoms with Gasteiger partial charge in [-0.05, 0) is 26.8 Å². The van der Waals surface area contributed by atoms with Crippen molar-refractivity contribution in [2.75, 3.05) is 25.6 Å². The van der Waals surface area contributed by atoms with E-state index in [9.17, 15) is 39.6 Å². The molecule has 3 heterocycles. The Labute approximate surface area is 354 Å². The number of phenolic OH excluding ortho intramolecular Hbond substituents is 2. The molecule has 0 aromatic heterocycles. The predicted octanol–water partition coefficient (Wildman–Crippen LogP) is 1.57. The standard InChI is InChI=1S/C41H54N2O13.Na/c1-11-42-29(45)18-53-28-17-26-36(49)31-30(28)32-38(24(7)35(31)48)56-41(9,39(32)50)54-16-15-27(52-10)21(4)37(55-25(8)44)23(6)34(47)22(5)33(46)19(2)13-12-14-20(3)40(51)43-26;/h12-17,19,21-23,27,33-34,37,46-49H,11,18H2,1-10H3,(H,42,45)(H,43,51);/q;+1/b13-12+,16-15+,20-14+;. The summed E-state index contributed by atoms with van der Waals surface area (Å²) in [5.74, 6) is -8.18. The van der Waals surface area contributed by atoms with Gasteiger partial charge in [-0.2, -0.15) is 0 Å². The molecule has 0 saturated carbocycles. The van der Waals surface area contributed by atoms with Crippen LogP contribution in [0.5, 0.6) is 23.0 Å². The van der Waals surface area contributed by atoms with Crippen LogP contribution in [0.3, 0.4) is 0 Å². The molecule has 0 spiro atoms. The first-order valence-corrected chi connectivity index (χ1v) is 18.5. The molecule has 2 aromatic rings. The van der Waals surface area contributed by atoms with Gasteiger partial charge in [-0.25, -0.2) is 0 Å². The number of aliphatic hydroxyl groups is 2. The van der Waals surface area contributed by atoms with Crippen molar-refractivity contribution in [3.05, 3.63) is 53.3 Å². The molecule has 306 valence electrons. The van der Waals surface area contributed by atoms with Crippen LogP contribution in [-0.4, -0.2) is 94.5 Å². The molecule has 2 aromatic carbocycles. The van der Waals surface area contributed by atoms with Crippen molar-refractivity contribution in [1.29, 1.82) is 0 Å². The van der Waals surface area contributed by atoms with Gasteiger partial charge in [0.05, 0.1) is 41.2 Å². The third-order valence-corrected chi connectivity index (χ3v) is 10.6. The van der Waals surface area contributed by atoms with Crippen molar-refractivity contribution < 1.29 is 92.8 Å². The van der Waals surface area contributed by atoms with Crippen molar-refractivity contribution in [3.8, 4) is 23.0 Å². The summed E-state index contributed by atoms with van der Waals surface area (Å²) in [4.78, 5) is 52.6. The molecule has 9 atom stereocenters. The number of likely N-dealkylation sites (N-methyl/N-ethyl adjacent to an activating group) is 1. The Balaban J connectivity index is 0.00000870. The van der Waals surface area contributed by atoms with Crippen LogP contribution >= 0.6 is 0 Å². The zero-order chi connectivity index (χ0) is 41.8. The number of allylic oxidation sites excluding steroid dienone is 2. The van der Waals surface area contributed by atoms with Gasteiger partial charge in [0.2, 0.25) is 0 Å². The van der Waals surface area contributed by atoms with Crippen LogP contribution < -0.4 is 49.7 Å². The van der Waals surface area contributed by atoms with Crippen LogP contribution in [0.1, 0.15) is 71.3 Å². The van der Waals surface area contributed by atoms with E-state index < -0.39 is 95.5 Å². The van der Waals surface area contributed by atoms with Gasteiger partial charge in [-0.1, -0.05) is 45.9 Å². The minimum atomic E-state index is -2.02. The van der Waals surface area contributed by atoms with Crippen LogP contribution in [0.2, 0.25) is 0 Å². The summed E-state index contributed by atoms with van der Waals surface area (Å²) in [7, 11) is 1.43. The van der Waals surface area contributed by atoms with Crippen molar-refractivity contribution in [2.45, 2.75) is 92.5 Å². The van der Waals surface area contributed by atoms with E-state index in [1.165, 1.54) is 59.3 Å². The summed E-state index contributed by atoms with van der Waals surface area (Å²) in [5.41, 5.74) is -0.0351. The number of rotatable bonds is 6. The predicted molar refractivity (Wildman–Crippen MR) is 206 cm³/mol. The van der Waals surface area contributed by atoms with Gasteiger partial charge in [-0.3, -0.25) is 19.2 Å². The summed E-state index contributed by atoms with van der Waals surface area (Å²) < 4.78 is 29.4. The molecule has 0 radical (unpaired) electrons. The topological polar surface area (TPSA) is 219 Å². The average Bonchev–Trinajstić information content (AvgIpc) is 3.42. The Kier molecular flexibility index (Phi) is 16.2. The quantitative estimate of drug-likeness (QED) is 0.139. The van der Waals surface area contributed by atoms with Gasteiger partial charge in [0.15, 0.2) is 12.4 Å². The summed E-state index contributed by atoms with van der Waals surface area (Å²) in [6.07, 6.45) is 3.57. The number of aromatic hydroxyl groups is 2. The monoisotopic (exact) mass is 805 g/mol. The van der Waals surface area contributed by atoms with E-state index in [0.29, 0.717) is 6.54 Å². The SMILES string of the molecule is CCNC(=O)COc1cc2c(O)c3c(O)c(C)c4c(c13)C(=O)C(C)(O/C=C/C(OC)C(C)C(OC(C)=O)C(C)C(O)C(C)C(O)C(C)/C=C/C=C(\C)C(=O)N2)O4.[Na+]. The number of methoxy groups -OCH3 is 1. The summed E-state index contributed by atoms with van der Waals surface area (Å²) >= 11 is 0. The zero-order valence-corrected chi connectivity index (χ0v) is 36.5. The van der Waals surface area contributed by atoms with Crippen LogP contribution in [0.15, 0.2) is 42.2 Å². The van der Waals surface area contributed by atoms with E-state index in [4.69, 9.17) is 23.7 Å². The molecule has 16 heteroatoms. The van der Waals surface area contributed by atoms with Crippen molar-refractivity contribution >= 4 is 40.0 Å². The number of aliphatic hydroxyl groups excluding tert-OH is 2. The second kappa shape index (κ2) is 19.6. The second-order valence-corrected chi connectivity index (χ2v) is 14.6. The number of carbonyl (C=O) groups excluding carboxylic acids is 4. The van der Waals surface area contributed by atoms with E-state index in [2.05, 4.69) is 10.6 Å². The van der Waals surface area contributed by atoms with Crippen LogP contribution in [0.25, 0.3) is 10.8 Å². The minimum absolute atomic E-state index is 0. The molecule has 5 rings (SSSR count). The molecule has 6 N–H and O–H groups in total. The molecular formula is C41H54N2NaO13+. The fraction of sp³-hybridized carbons (Fsp3) is 0.512. The Morgan fingerprint density at radius 1 is 0.982 bits per heavy atom. The zero-order valence-electron chi connectivity index (χ0n) is 34.5. The molecule has 0 fully saturated rings. The summed E-state index contributed by atoms with van der Waals surface area (Å²) in [6.45, 7) is 14.0. The molecule has 5 bridgehead atoms. The first-order valence-electron chi connectivity index (χ1n) is 18.5. The fourth-order valence-electron chi connectivity index (χ4n) is 7.14. The average molecular weight is 806 g/mol. The first kappa shape index (κ1) is 47.3. The Hall–Kier alpha value is -4.12. The summed E-state index contributed by atoms with van der Waals surface area (Å²) in [5, 5.41) is 50.7. The number of phenols is 2. The van der Waals surface area contributed by atoms with Crippen LogP contribution in [0.4, 0.5) is 5.69 Å². The van der Waals surface area contributed by atoms with Gasteiger partial charge in [-0.15, -0.1) is 0 Å². The molecule has 57 heavy (non-hydrogen) atoms. The van der Waals surface area contributed by atoms with E-state index in [1.807, 2.05) is 0 Å². The number of hydrogen-bond acceptors (Lipinski definition) is 13. The number of anilines is 1. The maximum atomic E-state index is 14.3. The minimum Gasteiger partial charge on any atom is -0.507 e. The molecule has 0 saturated heterocycles. The molecule has 0 aliphatic carbocycles. The molecule has 3 aliphatic rings. The van der Waals surface area contributed by atoms with Crippen molar-refractivity contribution in [1.82, 2.24) is 5.32 Å². The molecule has 9 unspecified atom stereocenters. The van der Waals surface area contributed by atoms with Crippen molar-refractivity contribution in [2.24, 2.45) is 23.7 Å². The summed E-state index contributed by atoms with van der Waals surface area (Å²) in [6, 6.07) is 1.24. The number of nitrogens with one attached hydrogen (secondary N) is 2. The Morgan fingerprint density at radius 2 is 1.65 bits per heavy atom. The maximum Gasteiger partial charge on any atom is 1.00 e. The number of hydrogen-bond donors (Lipinski definition) is 6. The normalized spacial score (nSPS) is 30.2. The van der Waals surface area contributed by atoms with Crippen LogP contribution in [-0.2, 0) is 28.6 Å². The molecule has 3 aliphatic heterocycles. The Morgan fingerprint density at radius 3 is 2.26 bits per heavy atom. The largest absolute Gasteiger partial charge is 1.00 e. The third kappa shape index (κ3) is 9.95. The number of carbonyl (C=O) groups is 4. The number of benzene rings is 2. The van der Waals surface area contributed by atoms with Gasteiger partial charge in [0.1, 0.15) is 23.4 Å². The van der Waals surface area contributed by atoms with E-state index >= 15 is 0 Å². The smallest absolute Gasteiger partial charge is 0.507 e.